The summed E-state index contributed by atoms with van der Waals surface area (Å²) in [5, 5.41) is 0. The van der Waals surface area contributed by atoms with Crippen LogP contribution in [0.3, 0.4) is 0 Å². The molecule has 140 valence electrons. The second kappa shape index (κ2) is 5.83. The van der Waals surface area contributed by atoms with Crippen molar-refractivity contribution in [2.45, 2.75) is 84.0 Å². The minimum absolute atomic E-state index is 1.11. The molecule has 2 aromatic rings. The molecule has 2 heteroatoms. The third-order valence-corrected chi connectivity index (χ3v) is 7.97. The van der Waals surface area contributed by atoms with E-state index in [1.54, 1.807) is 50.4 Å². The summed E-state index contributed by atoms with van der Waals surface area (Å²) >= 11 is 0. The molecule has 0 aromatic carbocycles. The molecule has 27 heavy (non-hydrogen) atoms. The Kier molecular flexibility index (Phi) is 3.49. The fraction of sp³-hybridized carbons (Fsp3) is 0.560. The monoisotopic (exact) mass is 358 g/mol. The van der Waals surface area contributed by atoms with Crippen molar-refractivity contribution in [3.63, 3.8) is 0 Å². The molecule has 0 fully saturated rings. The minimum atomic E-state index is 1.11. The van der Waals surface area contributed by atoms with Gasteiger partial charge in [0.1, 0.15) is 0 Å². The van der Waals surface area contributed by atoms with E-state index in [2.05, 4.69) is 18.5 Å². The van der Waals surface area contributed by atoms with Gasteiger partial charge in [-0.3, -0.25) is 4.98 Å². The molecule has 0 saturated heterocycles. The lowest BCUT2D eigenvalue weighted by molar-refractivity contribution is 0.641. The van der Waals surface area contributed by atoms with Crippen LogP contribution in [0.25, 0.3) is 0 Å². The van der Waals surface area contributed by atoms with Crippen molar-refractivity contribution in [2.24, 2.45) is 7.05 Å². The first kappa shape index (κ1) is 16.2. The molecule has 2 aromatic heterocycles. The maximum atomic E-state index is 5.21. The first-order valence-corrected chi connectivity index (χ1v) is 11.1. The third kappa shape index (κ3) is 2.28. The molecule has 0 bridgehead atoms. The zero-order valence-corrected chi connectivity index (χ0v) is 16.9. The summed E-state index contributed by atoms with van der Waals surface area (Å²) in [6.45, 7) is 2.38. The highest BCUT2D eigenvalue weighted by molar-refractivity contribution is 5.53. The Morgan fingerprint density at radius 2 is 1.33 bits per heavy atom. The molecular weight excluding hydrogens is 328 g/mol. The van der Waals surface area contributed by atoms with Gasteiger partial charge in [0, 0.05) is 42.7 Å². The Bertz CT molecular complexity index is 1000. The summed E-state index contributed by atoms with van der Waals surface area (Å²) < 4.78 is 2.57. The van der Waals surface area contributed by atoms with E-state index in [9.17, 15) is 0 Å². The van der Waals surface area contributed by atoms with Crippen molar-refractivity contribution in [3.05, 3.63) is 61.7 Å². The van der Waals surface area contributed by atoms with Gasteiger partial charge in [-0.1, -0.05) is 11.1 Å². The number of aromatic nitrogens is 2. The fourth-order valence-electron chi connectivity index (χ4n) is 6.44. The summed E-state index contributed by atoms with van der Waals surface area (Å²) in [4.78, 5) is 5.21. The molecule has 0 unspecified atom stereocenters. The van der Waals surface area contributed by atoms with Gasteiger partial charge in [-0.15, -0.1) is 0 Å². The highest BCUT2D eigenvalue weighted by Crippen LogP contribution is 2.41. The van der Waals surface area contributed by atoms with Crippen LogP contribution in [0.4, 0.5) is 0 Å². The molecule has 0 N–H and O–H groups in total. The molecule has 0 amide bonds. The van der Waals surface area contributed by atoms with Crippen LogP contribution >= 0.6 is 0 Å². The molecule has 4 aliphatic carbocycles. The number of rotatable bonds is 0. The Morgan fingerprint density at radius 1 is 0.630 bits per heavy atom. The molecule has 0 spiro atoms. The minimum Gasteiger partial charge on any atom is -0.351 e. The lowest BCUT2D eigenvalue weighted by Gasteiger charge is -2.31. The Morgan fingerprint density at radius 3 is 2.22 bits per heavy atom. The SMILES string of the molecule is Cc1c2c(nc3c1CC1=C(C3)Cc3c4c(n(C)c3C1)CCCC4)CCCC2. The topological polar surface area (TPSA) is 17.8 Å². The van der Waals surface area contributed by atoms with Gasteiger partial charge in [-0.2, -0.15) is 0 Å². The molecule has 6 rings (SSSR count). The van der Waals surface area contributed by atoms with Crippen LogP contribution in [0.15, 0.2) is 11.1 Å². The number of hydrogen-bond acceptors (Lipinski definition) is 1. The van der Waals surface area contributed by atoms with Gasteiger partial charge in [0.25, 0.3) is 0 Å². The Hall–Kier alpha value is -1.83. The van der Waals surface area contributed by atoms with Gasteiger partial charge in [0.05, 0.1) is 0 Å². The zero-order chi connectivity index (χ0) is 18.1. The summed E-state index contributed by atoms with van der Waals surface area (Å²) in [5.74, 6) is 0. The van der Waals surface area contributed by atoms with E-state index in [0.717, 1.165) is 12.8 Å². The summed E-state index contributed by atoms with van der Waals surface area (Å²) in [5.41, 5.74) is 17.7. The number of nitrogens with zero attached hydrogens (tertiary/aromatic N) is 2. The van der Waals surface area contributed by atoms with Crippen molar-refractivity contribution in [1.82, 2.24) is 9.55 Å². The fourth-order valence-corrected chi connectivity index (χ4v) is 6.44. The Balaban J connectivity index is 1.41. The van der Waals surface area contributed by atoms with Crippen LogP contribution in [0.1, 0.15) is 76.3 Å². The maximum absolute atomic E-state index is 5.21. The first-order chi connectivity index (χ1) is 13.2. The van der Waals surface area contributed by atoms with Gasteiger partial charge < -0.3 is 4.57 Å². The van der Waals surface area contributed by atoms with Crippen LogP contribution < -0.4 is 0 Å². The van der Waals surface area contributed by atoms with Gasteiger partial charge in [-0.05, 0) is 98.9 Å². The lowest BCUT2D eigenvalue weighted by Crippen LogP contribution is -2.22. The van der Waals surface area contributed by atoms with Crippen LogP contribution in [0, 0.1) is 6.92 Å². The highest BCUT2D eigenvalue weighted by Gasteiger charge is 2.32. The molecule has 2 nitrogen and oxygen atoms in total. The maximum Gasteiger partial charge on any atom is 0.0485 e. The quantitative estimate of drug-likeness (QED) is 0.625. The van der Waals surface area contributed by atoms with Gasteiger partial charge in [0.2, 0.25) is 0 Å². The van der Waals surface area contributed by atoms with Gasteiger partial charge >= 0.3 is 0 Å². The molecular formula is C25H30N2. The highest BCUT2D eigenvalue weighted by atomic mass is 15.0. The van der Waals surface area contributed by atoms with E-state index in [1.807, 2.05) is 0 Å². The van der Waals surface area contributed by atoms with Crippen molar-refractivity contribution >= 4 is 0 Å². The van der Waals surface area contributed by atoms with Crippen molar-refractivity contribution in [2.75, 3.05) is 0 Å². The third-order valence-electron chi connectivity index (χ3n) is 7.97. The van der Waals surface area contributed by atoms with Crippen LogP contribution in [0.2, 0.25) is 0 Å². The number of fused-ring (bicyclic) bond motifs is 5. The normalized spacial score (nSPS) is 20.5. The smallest absolute Gasteiger partial charge is 0.0485 e. The average molecular weight is 359 g/mol. The van der Waals surface area contributed by atoms with Crippen molar-refractivity contribution < 1.29 is 0 Å². The second-order valence-electron chi connectivity index (χ2n) is 9.33. The van der Waals surface area contributed by atoms with Crippen LogP contribution in [0.5, 0.6) is 0 Å². The van der Waals surface area contributed by atoms with Crippen LogP contribution in [-0.2, 0) is 58.4 Å². The largest absolute Gasteiger partial charge is 0.351 e. The van der Waals surface area contributed by atoms with E-state index >= 15 is 0 Å². The van der Waals surface area contributed by atoms with Gasteiger partial charge in [0.15, 0.2) is 0 Å². The molecule has 0 atom stereocenters. The molecule has 0 radical (unpaired) electrons. The first-order valence-electron chi connectivity index (χ1n) is 11.1. The molecule has 2 heterocycles. The number of hydrogen-bond donors (Lipinski definition) is 0. The average Bonchev–Trinajstić information content (AvgIpc) is 2.97. The Labute approximate surface area is 162 Å². The van der Waals surface area contributed by atoms with E-state index in [0.29, 0.717) is 0 Å². The molecule has 0 saturated carbocycles. The number of allylic oxidation sites excluding steroid dienone is 2. The predicted octanol–water partition coefficient (Wildman–Crippen LogP) is 4.68. The summed E-state index contributed by atoms with van der Waals surface area (Å²) in [6, 6.07) is 0. The van der Waals surface area contributed by atoms with Gasteiger partial charge in [-0.25, -0.2) is 0 Å². The summed E-state index contributed by atoms with van der Waals surface area (Å²) in [7, 11) is 2.33. The number of pyridine rings is 1. The van der Waals surface area contributed by atoms with E-state index < -0.39 is 0 Å². The zero-order valence-electron chi connectivity index (χ0n) is 16.9. The van der Waals surface area contributed by atoms with Crippen molar-refractivity contribution in [1.29, 1.82) is 0 Å². The van der Waals surface area contributed by atoms with Crippen LogP contribution in [-0.4, -0.2) is 9.55 Å². The molecule has 4 aliphatic rings. The summed E-state index contributed by atoms with van der Waals surface area (Å²) in [6.07, 6.45) is 15.1. The second-order valence-corrected chi connectivity index (χ2v) is 9.33. The van der Waals surface area contributed by atoms with Crippen molar-refractivity contribution in [3.8, 4) is 0 Å². The van der Waals surface area contributed by atoms with E-state index in [1.165, 1.54) is 75.6 Å². The van der Waals surface area contributed by atoms with E-state index in [-0.39, 0.29) is 0 Å². The molecule has 0 aliphatic heterocycles. The standard InChI is InChI=1S/C25H30N2/c1-15-18-7-3-5-9-22(18)26-23-13-16-12-21-19-8-4-6-10-24(19)27(2)25(21)14-17(16)11-20(15)23/h3-14H2,1-2H3. The number of aryl methyl sites for hydroxylation is 1. The van der Waals surface area contributed by atoms with E-state index in [4.69, 9.17) is 4.98 Å². The lowest BCUT2D eigenvalue weighted by atomic mass is 9.76. The predicted molar refractivity (Wildman–Crippen MR) is 110 cm³/mol.